The predicted octanol–water partition coefficient (Wildman–Crippen LogP) is 5.66. The molecule has 40 heavy (non-hydrogen) atoms. The third-order valence-corrected chi connectivity index (χ3v) is 9.95. The zero-order valence-corrected chi connectivity index (χ0v) is 24.4. The topological polar surface area (TPSA) is 97.2 Å². The molecule has 3 fully saturated rings. The summed E-state index contributed by atoms with van der Waals surface area (Å²) in [6.45, 7) is 9.35. The van der Waals surface area contributed by atoms with Gasteiger partial charge in [0, 0.05) is 36.7 Å². The molecule has 1 aliphatic heterocycles. The number of carbonyl (C=O) groups excluding carboxylic acids is 1. The summed E-state index contributed by atoms with van der Waals surface area (Å²) >= 11 is 0. The van der Waals surface area contributed by atoms with Crippen molar-refractivity contribution in [2.45, 2.75) is 90.1 Å². The van der Waals surface area contributed by atoms with Crippen LogP contribution in [0.5, 0.6) is 0 Å². The first-order valence-electron chi connectivity index (χ1n) is 13.9. The third-order valence-electron chi connectivity index (χ3n) is 8.39. The van der Waals surface area contributed by atoms with Gasteiger partial charge in [-0.15, -0.1) is 10.2 Å². The van der Waals surface area contributed by atoms with Gasteiger partial charge in [0.25, 0.3) is 0 Å². The number of halogens is 3. The number of hydrogen-bond acceptors (Lipinski definition) is 5. The van der Waals surface area contributed by atoms with Gasteiger partial charge in [-0.1, -0.05) is 38.5 Å². The Labute approximate surface area is 233 Å². The molecule has 12 heteroatoms. The van der Waals surface area contributed by atoms with Crippen molar-refractivity contribution < 1.29 is 26.4 Å². The Kier molecular flexibility index (Phi) is 7.34. The monoisotopic (exact) mass is 581 g/mol. The molecule has 1 N–H and O–H groups in total. The summed E-state index contributed by atoms with van der Waals surface area (Å²) in [4.78, 5) is 13.6. The molecular weight excluding hydrogens is 543 g/mol. The number of sulfonamides is 1. The Morgan fingerprint density at radius 1 is 1.05 bits per heavy atom. The van der Waals surface area contributed by atoms with Crippen LogP contribution in [0.3, 0.4) is 0 Å². The Bertz CT molecular complexity index is 1390. The number of carbonyl (C=O) groups is 1. The maximum absolute atomic E-state index is 13.6. The zero-order valence-electron chi connectivity index (χ0n) is 23.6. The van der Waals surface area contributed by atoms with Crippen molar-refractivity contribution in [1.29, 1.82) is 0 Å². The van der Waals surface area contributed by atoms with Gasteiger partial charge in [-0.25, -0.2) is 8.42 Å². The van der Waals surface area contributed by atoms with E-state index in [1.165, 1.54) is 0 Å². The van der Waals surface area contributed by atoms with Gasteiger partial charge >= 0.3 is 15.5 Å². The molecule has 0 unspecified atom stereocenters. The Hall–Kier alpha value is -2.47. The van der Waals surface area contributed by atoms with Crippen LogP contribution in [0, 0.1) is 31.1 Å². The lowest BCUT2D eigenvalue weighted by molar-refractivity contribution is -0.119. The van der Waals surface area contributed by atoms with Gasteiger partial charge in [0.2, 0.25) is 5.91 Å². The van der Waals surface area contributed by atoms with Crippen molar-refractivity contribution in [2.24, 2.45) is 17.3 Å². The molecule has 1 saturated heterocycles. The van der Waals surface area contributed by atoms with Crippen LogP contribution in [0.2, 0.25) is 0 Å². The number of hydrogen-bond donors (Lipinski definition) is 1. The van der Waals surface area contributed by atoms with E-state index >= 15 is 0 Å². The van der Waals surface area contributed by atoms with Crippen LogP contribution in [0.25, 0.3) is 0 Å². The SMILES string of the molecule is Cc1ccc(NC(=O)[C@H]2CN(S(=O)(=O)C(F)(F)F)C[C@@H]2c2nnc([C@H]3C[C@@H](CC(C)(C)C)C3)n2C2CC2)c(C)c1. The maximum Gasteiger partial charge on any atom is 0.511 e. The van der Waals surface area contributed by atoms with Gasteiger partial charge in [0.1, 0.15) is 11.6 Å². The van der Waals surface area contributed by atoms with Crippen LogP contribution in [-0.2, 0) is 14.8 Å². The van der Waals surface area contributed by atoms with Crippen molar-refractivity contribution in [1.82, 2.24) is 19.1 Å². The molecule has 5 rings (SSSR count). The van der Waals surface area contributed by atoms with Gasteiger partial charge in [0.05, 0.1) is 5.92 Å². The summed E-state index contributed by atoms with van der Waals surface area (Å²) in [5.41, 5.74) is -2.89. The fraction of sp³-hybridized carbons (Fsp3) is 0.679. The average Bonchev–Trinajstić information content (AvgIpc) is 3.38. The minimum atomic E-state index is -5.62. The van der Waals surface area contributed by atoms with Crippen LogP contribution in [0.15, 0.2) is 18.2 Å². The lowest BCUT2D eigenvalue weighted by Crippen LogP contribution is -2.40. The molecule has 2 atom stereocenters. The van der Waals surface area contributed by atoms with E-state index in [-0.39, 0.29) is 17.4 Å². The molecule has 220 valence electrons. The number of rotatable bonds is 7. The van der Waals surface area contributed by atoms with Crippen molar-refractivity contribution in [3.63, 3.8) is 0 Å². The van der Waals surface area contributed by atoms with E-state index in [4.69, 9.17) is 0 Å². The summed E-state index contributed by atoms with van der Waals surface area (Å²) in [6, 6.07) is 5.59. The normalized spacial score (nSPS) is 26.1. The third kappa shape index (κ3) is 5.66. The average molecular weight is 582 g/mol. The quantitative estimate of drug-likeness (QED) is 0.455. The molecule has 2 saturated carbocycles. The highest BCUT2D eigenvalue weighted by atomic mass is 32.2. The van der Waals surface area contributed by atoms with E-state index in [0.717, 1.165) is 49.1 Å². The van der Waals surface area contributed by atoms with Crippen LogP contribution in [0.4, 0.5) is 18.9 Å². The molecule has 2 aliphatic carbocycles. The smallest absolute Gasteiger partial charge is 0.326 e. The van der Waals surface area contributed by atoms with Crippen LogP contribution >= 0.6 is 0 Å². The first kappa shape index (κ1) is 29.0. The van der Waals surface area contributed by atoms with Crippen molar-refractivity contribution in [3.8, 4) is 0 Å². The summed E-state index contributed by atoms with van der Waals surface area (Å²) in [5.74, 6) is -0.429. The van der Waals surface area contributed by atoms with Crippen LogP contribution in [-0.4, -0.2) is 52.0 Å². The van der Waals surface area contributed by atoms with E-state index in [9.17, 15) is 26.4 Å². The number of nitrogens with one attached hydrogen (secondary N) is 1. The first-order valence-corrected chi connectivity index (χ1v) is 15.4. The molecule has 1 aromatic carbocycles. The van der Waals surface area contributed by atoms with E-state index in [2.05, 4.69) is 36.3 Å². The van der Waals surface area contributed by atoms with Crippen molar-refractivity contribution in [3.05, 3.63) is 41.0 Å². The van der Waals surface area contributed by atoms with Crippen LogP contribution in [0.1, 0.15) is 93.5 Å². The Morgan fingerprint density at radius 2 is 1.70 bits per heavy atom. The number of benzene rings is 1. The number of nitrogens with zero attached hydrogens (tertiary/aromatic N) is 4. The van der Waals surface area contributed by atoms with Gasteiger partial charge in [0.15, 0.2) is 0 Å². The van der Waals surface area contributed by atoms with Crippen molar-refractivity contribution in [2.75, 3.05) is 18.4 Å². The largest absolute Gasteiger partial charge is 0.511 e. The molecule has 0 radical (unpaired) electrons. The van der Waals surface area contributed by atoms with E-state index in [1.807, 2.05) is 30.5 Å². The molecule has 8 nitrogen and oxygen atoms in total. The fourth-order valence-corrected chi connectivity index (χ4v) is 7.36. The number of alkyl halides is 3. The Balaban J connectivity index is 1.46. The highest BCUT2D eigenvalue weighted by Crippen LogP contribution is 2.50. The van der Waals surface area contributed by atoms with E-state index in [1.54, 1.807) is 6.07 Å². The Morgan fingerprint density at radius 3 is 2.27 bits per heavy atom. The minimum absolute atomic E-state index is 0.123. The molecular formula is C28H38F3N5O3S. The van der Waals surface area contributed by atoms with Gasteiger partial charge in [-0.3, -0.25) is 4.79 Å². The van der Waals surface area contributed by atoms with Gasteiger partial charge < -0.3 is 9.88 Å². The lowest BCUT2D eigenvalue weighted by Gasteiger charge is -2.38. The summed E-state index contributed by atoms with van der Waals surface area (Å²) < 4.78 is 67.9. The molecule has 0 bridgehead atoms. The predicted molar refractivity (Wildman–Crippen MR) is 145 cm³/mol. The molecule has 1 aromatic heterocycles. The summed E-state index contributed by atoms with van der Waals surface area (Å²) in [7, 11) is -5.62. The number of amides is 1. The fourth-order valence-electron chi connectivity index (χ4n) is 6.35. The summed E-state index contributed by atoms with van der Waals surface area (Å²) in [5, 5.41) is 11.8. The molecule has 2 heterocycles. The highest BCUT2D eigenvalue weighted by molar-refractivity contribution is 7.90. The maximum atomic E-state index is 13.6. The van der Waals surface area contributed by atoms with Crippen LogP contribution < -0.4 is 5.32 Å². The van der Waals surface area contributed by atoms with E-state index in [0.29, 0.717) is 21.7 Å². The summed E-state index contributed by atoms with van der Waals surface area (Å²) in [6.07, 6.45) is 4.83. The number of anilines is 1. The molecule has 0 spiro atoms. The molecule has 1 amide bonds. The highest BCUT2D eigenvalue weighted by Gasteiger charge is 2.56. The zero-order chi connectivity index (χ0) is 29.2. The standard InChI is InChI=1S/C28H38F3N5O3S/c1-16-6-9-23(17(2)10-16)32-26(37)22-15-35(40(38,39)28(29,30)31)14-21(22)25-34-33-24(36(25)20-7-8-20)19-11-18(12-19)13-27(3,4)5/h6,9-10,18-22H,7-8,11-15H2,1-5H3,(H,32,37)/t18-,19+,21-,22-/m0/s1. The second-order valence-corrected chi connectivity index (χ2v) is 15.0. The number of aryl methyl sites for hydroxylation is 2. The molecule has 2 aromatic rings. The first-order chi connectivity index (χ1) is 18.5. The second kappa shape index (κ2) is 10.1. The van der Waals surface area contributed by atoms with E-state index < -0.39 is 46.4 Å². The molecule has 3 aliphatic rings. The second-order valence-electron chi connectivity index (χ2n) is 13.1. The minimum Gasteiger partial charge on any atom is -0.326 e. The van der Waals surface area contributed by atoms with Gasteiger partial charge in [-0.05, 0) is 68.9 Å². The number of aromatic nitrogens is 3. The lowest BCUT2D eigenvalue weighted by atomic mass is 9.68. The van der Waals surface area contributed by atoms with Crippen molar-refractivity contribution >= 4 is 21.6 Å². The van der Waals surface area contributed by atoms with Gasteiger partial charge in [-0.2, -0.15) is 17.5 Å².